The Morgan fingerprint density at radius 3 is 2.75 bits per heavy atom. The van der Waals surface area contributed by atoms with Crippen molar-refractivity contribution < 1.29 is 18.7 Å². The van der Waals surface area contributed by atoms with Gasteiger partial charge in [0.2, 0.25) is 5.91 Å². The van der Waals surface area contributed by atoms with Gasteiger partial charge in [-0.05, 0) is 37.1 Å². The van der Waals surface area contributed by atoms with E-state index in [4.69, 9.17) is 16.3 Å². The number of carbonyl (C=O) groups excluding carboxylic acids is 2. The van der Waals surface area contributed by atoms with Gasteiger partial charge in [-0.3, -0.25) is 9.59 Å². The molecule has 0 saturated carbocycles. The number of rotatable bonds is 8. The Morgan fingerprint density at radius 2 is 1.97 bits per heavy atom. The summed E-state index contributed by atoms with van der Waals surface area (Å²) in [6, 6.07) is 13.1. The lowest BCUT2D eigenvalue weighted by atomic mass is 10.0. The van der Waals surface area contributed by atoms with Crippen molar-refractivity contribution in [2.45, 2.75) is 18.9 Å². The number of hydrogen-bond donors (Lipinski definition) is 2. The summed E-state index contributed by atoms with van der Waals surface area (Å²) in [6.45, 7) is 1.10. The first-order valence-corrected chi connectivity index (χ1v) is 12.1. The first kappa shape index (κ1) is 23.7. The van der Waals surface area contributed by atoms with Gasteiger partial charge in [-0.25, -0.2) is 14.4 Å². The number of carbonyl (C=O) groups is 2. The molecule has 1 amide bonds. The van der Waals surface area contributed by atoms with Crippen LogP contribution in [-0.2, 0) is 4.79 Å². The van der Waals surface area contributed by atoms with E-state index < -0.39 is 11.6 Å². The largest absolute Gasteiger partial charge is 0.457 e. The smallest absolute Gasteiger partial charge is 0.237 e. The number of ketones is 1. The van der Waals surface area contributed by atoms with Gasteiger partial charge in [0.25, 0.3) is 0 Å². The van der Waals surface area contributed by atoms with Crippen LogP contribution >= 0.6 is 11.6 Å². The molecule has 1 fully saturated rings. The Bertz CT molecular complexity index is 1410. The van der Waals surface area contributed by atoms with Crippen LogP contribution in [0.5, 0.6) is 11.5 Å². The normalized spacial score (nSPS) is 15.3. The molecule has 2 aromatic heterocycles. The minimum Gasteiger partial charge on any atom is -0.457 e. The molecule has 1 saturated heterocycles. The van der Waals surface area contributed by atoms with Crippen molar-refractivity contribution in [1.82, 2.24) is 19.9 Å². The number of H-pyrrole nitrogens is 1. The lowest BCUT2D eigenvalue weighted by Crippen LogP contribution is -2.40. The molecule has 3 heterocycles. The van der Waals surface area contributed by atoms with E-state index in [1.54, 1.807) is 23.1 Å². The second-order valence-corrected chi connectivity index (χ2v) is 8.70. The number of hydrogen-bond acceptors (Lipinski definition) is 6. The van der Waals surface area contributed by atoms with Gasteiger partial charge in [-0.1, -0.05) is 18.2 Å². The minimum atomic E-state index is -0.699. The lowest BCUT2D eigenvalue weighted by Gasteiger charge is -2.24. The molecule has 2 N–H and O–H groups in total. The number of fused-ring (bicyclic) bond motifs is 1. The number of aromatic amines is 1. The van der Waals surface area contributed by atoms with Crippen LogP contribution in [0.4, 0.5) is 10.2 Å². The molecule has 10 heteroatoms. The molecule has 4 aromatic rings. The molecule has 2 aromatic carbocycles. The zero-order chi connectivity index (χ0) is 25.1. The highest BCUT2D eigenvalue weighted by molar-refractivity contribution is 6.27. The average Bonchev–Trinajstić information content (AvgIpc) is 3.55. The van der Waals surface area contributed by atoms with Crippen LogP contribution in [-0.4, -0.2) is 56.6 Å². The van der Waals surface area contributed by atoms with Gasteiger partial charge in [0.05, 0.1) is 16.5 Å². The summed E-state index contributed by atoms with van der Waals surface area (Å²) in [7, 11) is 0. The number of alkyl halides is 1. The topological polar surface area (TPSA) is 100 Å². The van der Waals surface area contributed by atoms with E-state index in [-0.39, 0.29) is 34.7 Å². The summed E-state index contributed by atoms with van der Waals surface area (Å²) < 4.78 is 20.7. The SMILES string of the molecule is O=C(c1ccc(Oc2ccccc2)cc1F)c1c[nH]c2ncnc(NCC3CCCN3C(=O)CCl)c12. The first-order chi connectivity index (χ1) is 17.5. The molecule has 1 aliphatic rings. The first-order valence-electron chi connectivity index (χ1n) is 11.5. The van der Waals surface area contributed by atoms with Crippen molar-refractivity contribution in [3.8, 4) is 11.5 Å². The van der Waals surface area contributed by atoms with Crippen LogP contribution in [0, 0.1) is 5.82 Å². The lowest BCUT2D eigenvalue weighted by molar-refractivity contribution is -0.129. The van der Waals surface area contributed by atoms with Gasteiger partial charge >= 0.3 is 0 Å². The predicted octanol–water partition coefficient (Wildman–Crippen LogP) is 4.76. The molecule has 1 unspecified atom stereocenters. The average molecular weight is 508 g/mol. The van der Waals surface area contributed by atoms with E-state index in [0.29, 0.717) is 35.7 Å². The number of amides is 1. The quantitative estimate of drug-likeness (QED) is 0.263. The second kappa shape index (κ2) is 10.3. The third-order valence-corrected chi connectivity index (χ3v) is 6.42. The van der Waals surface area contributed by atoms with Crippen LogP contribution in [0.1, 0.15) is 28.8 Å². The Balaban J connectivity index is 1.39. The summed E-state index contributed by atoms with van der Waals surface area (Å²) in [5.74, 6) is -0.106. The van der Waals surface area contributed by atoms with Crippen molar-refractivity contribution in [3.63, 3.8) is 0 Å². The Hall–Kier alpha value is -3.98. The zero-order valence-corrected chi connectivity index (χ0v) is 20.0. The highest BCUT2D eigenvalue weighted by Crippen LogP contribution is 2.29. The van der Waals surface area contributed by atoms with E-state index >= 15 is 0 Å². The molecular weight excluding hydrogens is 485 g/mol. The minimum absolute atomic E-state index is 0.0334. The zero-order valence-electron chi connectivity index (χ0n) is 19.2. The number of likely N-dealkylation sites (tertiary alicyclic amines) is 1. The number of nitrogens with one attached hydrogen (secondary N) is 2. The number of aromatic nitrogens is 3. The number of nitrogens with zero attached hydrogens (tertiary/aromatic N) is 3. The summed E-state index contributed by atoms with van der Waals surface area (Å²) in [4.78, 5) is 38.7. The summed E-state index contributed by atoms with van der Waals surface area (Å²) in [5.41, 5.74) is 0.588. The van der Waals surface area contributed by atoms with E-state index in [1.165, 1.54) is 24.7 Å². The monoisotopic (exact) mass is 507 g/mol. The van der Waals surface area contributed by atoms with E-state index in [0.717, 1.165) is 12.8 Å². The molecule has 184 valence electrons. The Labute approximate surface area is 211 Å². The van der Waals surface area contributed by atoms with Crippen molar-refractivity contribution in [1.29, 1.82) is 0 Å². The molecule has 5 rings (SSSR count). The standard InChI is InChI=1S/C26H23ClFN5O3/c27-12-22(34)33-10-4-5-16(33)13-29-25-23-20(14-30-26(23)32-15-31-25)24(35)19-9-8-18(11-21(19)28)36-17-6-2-1-3-7-17/h1-3,6-9,11,14-16H,4-5,10,12-13H2,(H2,29,30,31,32). The molecule has 0 radical (unpaired) electrons. The van der Waals surface area contributed by atoms with Gasteiger partial charge in [-0.2, -0.15) is 0 Å². The highest BCUT2D eigenvalue weighted by Gasteiger charge is 2.28. The van der Waals surface area contributed by atoms with Crippen LogP contribution in [0.3, 0.4) is 0 Å². The fourth-order valence-electron chi connectivity index (χ4n) is 4.46. The van der Waals surface area contributed by atoms with Crippen LogP contribution in [0.25, 0.3) is 11.0 Å². The third kappa shape index (κ3) is 4.74. The summed E-state index contributed by atoms with van der Waals surface area (Å²) in [6.07, 6.45) is 4.61. The van der Waals surface area contributed by atoms with Gasteiger partial charge < -0.3 is 19.9 Å². The molecule has 36 heavy (non-hydrogen) atoms. The Kier molecular flexibility index (Phi) is 6.81. The van der Waals surface area contributed by atoms with Crippen molar-refractivity contribution in [2.24, 2.45) is 0 Å². The number of ether oxygens (including phenoxy) is 1. The fourth-order valence-corrected chi connectivity index (χ4v) is 4.61. The molecule has 8 nitrogen and oxygen atoms in total. The van der Waals surface area contributed by atoms with Crippen LogP contribution in [0.15, 0.2) is 61.1 Å². The van der Waals surface area contributed by atoms with Gasteiger partial charge in [0, 0.05) is 31.4 Å². The molecule has 0 bridgehead atoms. The molecule has 0 aliphatic carbocycles. The fraction of sp³-hybridized carbons (Fsp3) is 0.231. The highest BCUT2D eigenvalue weighted by atomic mass is 35.5. The Morgan fingerprint density at radius 1 is 1.14 bits per heavy atom. The molecule has 0 spiro atoms. The maximum absolute atomic E-state index is 15.0. The van der Waals surface area contributed by atoms with Gasteiger partial charge in [0.1, 0.15) is 41.0 Å². The summed E-state index contributed by atoms with van der Waals surface area (Å²) in [5, 5.41) is 3.71. The van der Waals surface area contributed by atoms with E-state index in [9.17, 15) is 14.0 Å². The molecule has 1 aliphatic heterocycles. The van der Waals surface area contributed by atoms with Crippen LogP contribution in [0.2, 0.25) is 0 Å². The number of para-hydroxylation sites is 1. The van der Waals surface area contributed by atoms with E-state index in [2.05, 4.69) is 20.3 Å². The maximum atomic E-state index is 15.0. The molecule has 1 atom stereocenters. The number of anilines is 1. The maximum Gasteiger partial charge on any atom is 0.237 e. The predicted molar refractivity (Wildman–Crippen MR) is 134 cm³/mol. The second-order valence-electron chi connectivity index (χ2n) is 8.43. The van der Waals surface area contributed by atoms with Crippen LogP contribution < -0.4 is 10.1 Å². The summed E-state index contributed by atoms with van der Waals surface area (Å²) >= 11 is 5.74. The van der Waals surface area contributed by atoms with Gasteiger partial charge in [0.15, 0.2) is 5.78 Å². The van der Waals surface area contributed by atoms with E-state index in [1.807, 2.05) is 18.2 Å². The molecular formula is C26H23ClFN5O3. The number of halogens is 2. The third-order valence-electron chi connectivity index (χ3n) is 6.20. The van der Waals surface area contributed by atoms with Crippen molar-refractivity contribution in [2.75, 3.05) is 24.3 Å². The number of benzene rings is 2. The van der Waals surface area contributed by atoms with Crippen molar-refractivity contribution >= 4 is 40.1 Å². The van der Waals surface area contributed by atoms with Gasteiger partial charge in [-0.15, -0.1) is 11.6 Å². The van der Waals surface area contributed by atoms with Crippen molar-refractivity contribution in [3.05, 3.63) is 78.0 Å².